The number of anilines is 3. The first kappa shape index (κ1) is 27.0. The van der Waals surface area contributed by atoms with Gasteiger partial charge in [0.25, 0.3) is 11.8 Å². The normalized spacial score (nSPS) is 14.5. The molecular formula is C31H30N8O3. The number of hydrogen-bond donors (Lipinski definition) is 3. The summed E-state index contributed by atoms with van der Waals surface area (Å²) in [5.41, 5.74) is 3.59. The summed E-state index contributed by atoms with van der Waals surface area (Å²) < 4.78 is 5.63. The van der Waals surface area contributed by atoms with E-state index in [-0.39, 0.29) is 18.4 Å². The Kier molecular flexibility index (Phi) is 7.09. The standard InChI is InChI=1S/C31H30N8O3/c1-4-39-30(41)21-12-13-25(36-27(21)31(39,2)3)35-26-15-23(34-24(18-40)19-9-6-5-7-10-19)22(17-33-26)29-37-28(38-42-29)20-11-8-14-32-16-20/h5-17,24,40H,4,18H2,1-3H3,(H2,33,34,35,36)/t24-/m1/s1. The molecule has 5 heterocycles. The summed E-state index contributed by atoms with van der Waals surface area (Å²) in [7, 11) is 0. The number of fused-ring (bicyclic) bond motifs is 1. The lowest BCUT2D eigenvalue weighted by Crippen LogP contribution is -2.39. The van der Waals surface area contributed by atoms with Crippen molar-refractivity contribution in [1.29, 1.82) is 0 Å². The average Bonchev–Trinajstić information content (AvgIpc) is 3.57. The van der Waals surface area contributed by atoms with E-state index in [1.807, 2.05) is 62.1 Å². The van der Waals surface area contributed by atoms with Crippen LogP contribution < -0.4 is 10.6 Å². The van der Waals surface area contributed by atoms with Gasteiger partial charge < -0.3 is 25.2 Å². The fourth-order valence-electron chi connectivity index (χ4n) is 5.23. The van der Waals surface area contributed by atoms with Crippen molar-refractivity contribution in [2.24, 2.45) is 0 Å². The van der Waals surface area contributed by atoms with E-state index in [1.54, 1.807) is 42.9 Å². The SMILES string of the molecule is CCN1C(=O)c2ccc(Nc3cc(N[C@H](CO)c4ccccc4)c(-c4nc(-c5cccnc5)no4)cn3)nc2C1(C)C. The van der Waals surface area contributed by atoms with Crippen molar-refractivity contribution in [3.8, 4) is 22.8 Å². The molecule has 0 fully saturated rings. The van der Waals surface area contributed by atoms with Crippen LogP contribution in [0.3, 0.4) is 0 Å². The van der Waals surface area contributed by atoms with Crippen LogP contribution >= 0.6 is 0 Å². The van der Waals surface area contributed by atoms with E-state index >= 15 is 0 Å². The summed E-state index contributed by atoms with van der Waals surface area (Å²) in [6.07, 6.45) is 4.97. The Bertz CT molecular complexity index is 1720. The van der Waals surface area contributed by atoms with Crippen molar-refractivity contribution < 1.29 is 14.4 Å². The highest BCUT2D eigenvalue weighted by atomic mass is 16.5. The van der Waals surface area contributed by atoms with Crippen LogP contribution in [0.15, 0.2) is 83.8 Å². The zero-order valence-corrected chi connectivity index (χ0v) is 23.4. The maximum absolute atomic E-state index is 12.9. The molecule has 5 aromatic rings. The van der Waals surface area contributed by atoms with Crippen molar-refractivity contribution in [2.75, 3.05) is 23.8 Å². The largest absolute Gasteiger partial charge is 0.394 e. The van der Waals surface area contributed by atoms with Gasteiger partial charge in [0.1, 0.15) is 11.6 Å². The lowest BCUT2D eigenvalue weighted by Gasteiger charge is -2.30. The monoisotopic (exact) mass is 562 g/mol. The van der Waals surface area contributed by atoms with Crippen molar-refractivity contribution >= 4 is 23.2 Å². The highest BCUT2D eigenvalue weighted by molar-refractivity contribution is 5.99. The van der Waals surface area contributed by atoms with E-state index in [9.17, 15) is 9.90 Å². The number of aliphatic hydroxyl groups excluding tert-OH is 1. The first-order valence-electron chi connectivity index (χ1n) is 13.7. The van der Waals surface area contributed by atoms with E-state index in [0.29, 0.717) is 46.5 Å². The third-order valence-corrected chi connectivity index (χ3v) is 7.39. The zero-order valence-electron chi connectivity index (χ0n) is 23.4. The Morgan fingerprint density at radius 3 is 2.57 bits per heavy atom. The summed E-state index contributed by atoms with van der Waals surface area (Å²) in [4.78, 5) is 32.8. The number of carbonyl (C=O) groups is 1. The quantitative estimate of drug-likeness (QED) is 0.220. The molecule has 0 saturated carbocycles. The van der Waals surface area contributed by atoms with E-state index < -0.39 is 11.6 Å². The third-order valence-electron chi connectivity index (χ3n) is 7.39. The van der Waals surface area contributed by atoms with Crippen LogP contribution in [0.4, 0.5) is 17.3 Å². The van der Waals surface area contributed by atoms with Gasteiger partial charge in [-0.1, -0.05) is 35.5 Å². The number of nitrogens with one attached hydrogen (secondary N) is 2. The first-order valence-corrected chi connectivity index (χ1v) is 13.7. The summed E-state index contributed by atoms with van der Waals surface area (Å²) in [6.45, 7) is 6.39. The third kappa shape index (κ3) is 4.94. The summed E-state index contributed by atoms with van der Waals surface area (Å²) >= 11 is 0. The van der Waals surface area contributed by atoms with Crippen LogP contribution in [-0.4, -0.2) is 54.2 Å². The minimum atomic E-state index is -0.531. The molecule has 1 aromatic carbocycles. The molecule has 0 bridgehead atoms. The summed E-state index contributed by atoms with van der Waals surface area (Å²) in [5.74, 6) is 1.69. The van der Waals surface area contributed by atoms with Gasteiger partial charge >= 0.3 is 0 Å². The van der Waals surface area contributed by atoms with Crippen LogP contribution in [0.1, 0.15) is 48.4 Å². The summed E-state index contributed by atoms with van der Waals surface area (Å²) in [5, 5.41) is 21.1. The van der Waals surface area contributed by atoms with Crippen molar-refractivity contribution in [2.45, 2.75) is 32.4 Å². The fourth-order valence-corrected chi connectivity index (χ4v) is 5.23. The molecular weight excluding hydrogens is 532 g/mol. The predicted molar refractivity (Wildman–Crippen MR) is 158 cm³/mol. The van der Waals surface area contributed by atoms with Crippen LogP contribution in [-0.2, 0) is 5.54 Å². The molecule has 1 aliphatic heterocycles. The maximum atomic E-state index is 12.9. The molecule has 0 aliphatic carbocycles. The number of rotatable bonds is 9. The molecule has 0 unspecified atom stereocenters. The molecule has 0 spiro atoms. The van der Waals surface area contributed by atoms with Crippen molar-refractivity contribution in [3.63, 3.8) is 0 Å². The average molecular weight is 563 g/mol. The summed E-state index contributed by atoms with van der Waals surface area (Å²) in [6, 6.07) is 18.3. The van der Waals surface area contributed by atoms with E-state index in [0.717, 1.165) is 11.1 Å². The van der Waals surface area contributed by atoms with Gasteiger partial charge in [0.2, 0.25) is 5.82 Å². The number of pyridine rings is 3. The van der Waals surface area contributed by atoms with Gasteiger partial charge in [0.15, 0.2) is 0 Å². The molecule has 1 aliphatic rings. The van der Waals surface area contributed by atoms with Gasteiger partial charge in [-0.3, -0.25) is 9.78 Å². The number of amides is 1. The second-order valence-corrected chi connectivity index (χ2v) is 10.4. The number of nitrogens with zero attached hydrogens (tertiary/aromatic N) is 6. The van der Waals surface area contributed by atoms with Gasteiger partial charge in [-0.25, -0.2) is 9.97 Å². The van der Waals surface area contributed by atoms with E-state index in [2.05, 4.69) is 30.7 Å². The molecule has 0 saturated heterocycles. The first-order chi connectivity index (χ1) is 20.4. The van der Waals surface area contributed by atoms with Crippen LogP contribution in [0.5, 0.6) is 0 Å². The highest BCUT2D eigenvalue weighted by Crippen LogP contribution is 2.38. The van der Waals surface area contributed by atoms with Gasteiger partial charge in [-0.2, -0.15) is 4.98 Å². The molecule has 42 heavy (non-hydrogen) atoms. The second-order valence-electron chi connectivity index (χ2n) is 10.4. The van der Waals surface area contributed by atoms with Crippen molar-refractivity contribution in [1.82, 2.24) is 30.0 Å². The molecule has 11 nitrogen and oxygen atoms in total. The Morgan fingerprint density at radius 2 is 1.83 bits per heavy atom. The molecule has 6 rings (SSSR count). The molecule has 1 atom stereocenters. The molecule has 4 aromatic heterocycles. The van der Waals surface area contributed by atoms with Crippen LogP contribution in [0.2, 0.25) is 0 Å². The number of benzene rings is 1. The topological polar surface area (TPSA) is 142 Å². The maximum Gasteiger partial charge on any atom is 0.261 e. The van der Waals surface area contributed by atoms with Crippen LogP contribution in [0.25, 0.3) is 22.8 Å². The number of aromatic nitrogens is 5. The van der Waals surface area contributed by atoms with Gasteiger partial charge in [0.05, 0.1) is 40.7 Å². The Morgan fingerprint density at radius 1 is 1.00 bits per heavy atom. The van der Waals surface area contributed by atoms with E-state index in [4.69, 9.17) is 9.51 Å². The lowest BCUT2D eigenvalue weighted by molar-refractivity contribution is 0.0631. The molecule has 212 valence electrons. The Labute approximate surface area is 242 Å². The number of hydrogen-bond acceptors (Lipinski definition) is 10. The Hall–Kier alpha value is -5.16. The minimum Gasteiger partial charge on any atom is -0.394 e. The van der Waals surface area contributed by atoms with Crippen molar-refractivity contribution in [3.05, 3.63) is 96.1 Å². The number of aliphatic hydroxyl groups is 1. The van der Waals surface area contributed by atoms with Crippen LogP contribution in [0, 0.1) is 0 Å². The molecule has 0 radical (unpaired) electrons. The lowest BCUT2D eigenvalue weighted by atomic mass is 9.99. The van der Waals surface area contributed by atoms with Gasteiger partial charge in [-0.15, -0.1) is 0 Å². The molecule has 1 amide bonds. The predicted octanol–water partition coefficient (Wildman–Crippen LogP) is 5.19. The van der Waals surface area contributed by atoms with Gasteiger partial charge in [0, 0.05) is 36.8 Å². The second kappa shape index (κ2) is 11.0. The minimum absolute atomic E-state index is 0.0216. The fraction of sp³-hybridized carbons (Fsp3) is 0.226. The Balaban J connectivity index is 1.36. The zero-order chi connectivity index (χ0) is 29.3. The van der Waals surface area contributed by atoms with E-state index in [1.165, 1.54) is 0 Å². The van der Waals surface area contributed by atoms with Gasteiger partial charge in [-0.05, 0) is 50.6 Å². The smallest absolute Gasteiger partial charge is 0.261 e. The number of carbonyl (C=O) groups excluding carboxylic acids is 1. The molecule has 11 heteroatoms. The molecule has 3 N–H and O–H groups in total. The highest BCUT2D eigenvalue weighted by Gasteiger charge is 2.43.